The summed E-state index contributed by atoms with van der Waals surface area (Å²) in [6.07, 6.45) is 3.78. The first-order valence-corrected chi connectivity index (χ1v) is 11.9. The van der Waals surface area contributed by atoms with Gasteiger partial charge in [0.05, 0.1) is 23.7 Å². The topological polar surface area (TPSA) is 75.7 Å². The van der Waals surface area contributed by atoms with E-state index in [0.29, 0.717) is 31.3 Å². The number of benzene rings is 2. The second-order valence-corrected chi connectivity index (χ2v) is 9.41. The molecule has 0 saturated heterocycles. The minimum atomic E-state index is -4.06. The highest BCUT2D eigenvalue weighted by atomic mass is 32.2. The maximum atomic E-state index is 13.9. The van der Waals surface area contributed by atoms with Crippen molar-refractivity contribution in [2.24, 2.45) is 0 Å². The van der Waals surface area contributed by atoms with Gasteiger partial charge in [0.15, 0.2) is 17.5 Å². The fourth-order valence-electron chi connectivity index (χ4n) is 3.74. The quantitative estimate of drug-likeness (QED) is 0.578. The second-order valence-electron chi connectivity index (χ2n) is 7.52. The Labute approximate surface area is 185 Å². The Balaban J connectivity index is 1.85. The van der Waals surface area contributed by atoms with Crippen LogP contribution < -0.4 is 10.1 Å². The monoisotopic (exact) mass is 470 g/mol. The lowest BCUT2D eigenvalue weighted by atomic mass is 9.95. The third-order valence-electron chi connectivity index (χ3n) is 5.33. The van der Waals surface area contributed by atoms with Crippen molar-refractivity contribution in [2.75, 3.05) is 18.5 Å². The molecule has 2 aromatic carbocycles. The molecule has 0 unspecified atom stereocenters. The van der Waals surface area contributed by atoms with Gasteiger partial charge in [0.1, 0.15) is 5.75 Å². The molecule has 10 heteroatoms. The van der Waals surface area contributed by atoms with E-state index in [1.165, 1.54) is 24.3 Å². The number of hydrogen-bond acceptors (Lipinski definition) is 4. The standard InChI is InChI=1S/C22H25F3N2O4S/c1-2-31-16-8-10-17(11-9-16)32(29,30)27(15-6-4-3-5-7-15)14-20(28)26-19-13-12-18(23)21(24)22(19)25/h8-13,15H,2-7,14H2,1H3,(H,26,28). The highest BCUT2D eigenvalue weighted by Gasteiger charge is 2.34. The fraction of sp³-hybridized carbons (Fsp3) is 0.409. The van der Waals surface area contributed by atoms with E-state index in [4.69, 9.17) is 4.74 Å². The number of sulfonamides is 1. The van der Waals surface area contributed by atoms with Crippen LogP contribution in [0, 0.1) is 17.5 Å². The molecule has 0 atom stereocenters. The summed E-state index contributed by atoms with van der Waals surface area (Å²) in [5.74, 6) is -4.98. The summed E-state index contributed by atoms with van der Waals surface area (Å²) in [5, 5.41) is 2.15. The van der Waals surface area contributed by atoms with Gasteiger partial charge in [0.25, 0.3) is 0 Å². The van der Waals surface area contributed by atoms with E-state index in [-0.39, 0.29) is 4.90 Å². The predicted molar refractivity (Wildman–Crippen MR) is 113 cm³/mol. The molecule has 1 amide bonds. The summed E-state index contributed by atoms with van der Waals surface area (Å²) in [6, 6.07) is 7.05. The molecule has 0 radical (unpaired) electrons. The molecule has 32 heavy (non-hydrogen) atoms. The van der Waals surface area contributed by atoms with E-state index in [9.17, 15) is 26.4 Å². The van der Waals surface area contributed by atoms with Gasteiger partial charge in [-0.2, -0.15) is 4.31 Å². The van der Waals surface area contributed by atoms with Crippen LogP contribution in [0.3, 0.4) is 0 Å². The van der Waals surface area contributed by atoms with Crippen molar-refractivity contribution >= 4 is 21.6 Å². The zero-order valence-corrected chi connectivity index (χ0v) is 18.4. The Morgan fingerprint density at radius 2 is 1.69 bits per heavy atom. The third-order valence-corrected chi connectivity index (χ3v) is 7.24. The van der Waals surface area contributed by atoms with Gasteiger partial charge < -0.3 is 10.1 Å². The van der Waals surface area contributed by atoms with E-state index in [0.717, 1.165) is 29.6 Å². The Hall–Kier alpha value is -2.59. The van der Waals surface area contributed by atoms with Gasteiger partial charge in [0, 0.05) is 6.04 Å². The molecule has 0 aromatic heterocycles. The summed E-state index contributed by atoms with van der Waals surface area (Å²) in [4.78, 5) is 12.6. The summed E-state index contributed by atoms with van der Waals surface area (Å²) in [6.45, 7) is 1.66. The van der Waals surface area contributed by atoms with Gasteiger partial charge >= 0.3 is 0 Å². The molecule has 0 bridgehead atoms. The normalized spacial score (nSPS) is 15.0. The summed E-state index contributed by atoms with van der Waals surface area (Å²) >= 11 is 0. The molecule has 1 saturated carbocycles. The van der Waals surface area contributed by atoms with Crippen molar-refractivity contribution in [3.63, 3.8) is 0 Å². The molecule has 3 rings (SSSR count). The minimum absolute atomic E-state index is 0.00154. The van der Waals surface area contributed by atoms with Crippen LogP contribution in [0.1, 0.15) is 39.0 Å². The van der Waals surface area contributed by atoms with Gasteiger partial charge in [-0.25, -0.2) is 21.6 Å². The lowest BCUT2D eigenvalue weighted by molar-refractivity contribution is -0.116. The summed E-state index contributed by atoms with van der Waals surface area (Å²) in [7, 11) is -4.06. The minimum Gasteiger partial charge on any atom is -0.494 e. The van der Waals surface area contributed by atoms with Crippen LogP contribution in [-0.2, 0) is 14.8 Å². The molecular formula is C22H25F3N2O4S. The largest absolute Gasteiger partial charge is 0.494 e. The van der Waals surface area contributed by atoms with E-state index in [2.05, 4.69) is 5.32 Å². The lowest BCUT2D eigenvalue weighted by Crippen LogP contribution is -2.45. The van der Waals surface area contributed by atoms with Gasteiger partial charge in [0.2, 0.25) is 15.9 Å². The van der Waals surface area contributed by atoms with Crippen LogP contribution in [0.5, 0.6) is 5.75 Å². The zero-order chi connectivity index (χ0) is 23.3. The number of nitrogens with one attached hydrogen (secondary N) is 1. The number of halogens is 3. The van der Waals surface area contributed by atoms with Crippen molar-refractivity contribution in [3.8, 4) is 5.75 Å². The molecule has 1 fully saturated rings. The number of carbonyl (C=O) groups is 1. The van der Waals surface area contributed by atoms with Crippen molar-refractivity contribution in [1.82, 2.24) is 4.31 Å². The summed E-state index contributed by atoms with van der Waals surface area (Å²) in [5.41, 5.74) is -0.559. The predicted octanol–water partition coefficient (Wildman–Crippen LogP) is 4.46. The first-order chi connectivity index (χ1) is 15.2. The van der Waals surface area contributed by atoms with Gasteiger partial charge in [-0.3, -0.25) is 4.79 Å². The number of anilines is 1. The molecule has 0 heterocycles. The van der Waals surface area contributed by atoms with Gasteiger partial charge in [-0.15, -0.1) is 0 Å². The lowest BCUT2D eigenvalue weighted by Gasteiger charge is -2.33. The first-order valence-electron chi connectivity index (χ1n) is 10.4. The Morgan fingerprint density at radius 1 is 1.03 bits per heavy atom. The number of nitrogens with zero attached hydrogens (tertiary/aromatic N) is 1. The van der Waals surface area contributed by atoms with Crippen molar-refractivity contribution in [1.29, 1.82) is 0 Å². The Bertz CT molecular complexity index is 1060. The van der Waals surface area contributed by atoms with Crippen LogP contribution >= 0.6 is 0 Å². The van der Waals surface area contributed by atoms with E-state index >= 15 is 0 Å². The number of hydrogen-bond donors (Lipinski definition) is 1. The summed E-state index contributed by atoms with van der Waals surface area (Å²) < 4.78 is 73.8. The molecule has 2 aromatic rings. The van der Waals surface area contributed by atoms with Crippen molar-refractivity contribution in [2.45, 2.75) is 50.0 Å². The van der Waals surface area contributed by atoms with Gasteiger partial charge in [-0.1, -0.05) is 19.3 Å². The molecular weight excluding hydrogens is 445 g/mol. The first kappa shape index (κ1) is 24.1. The SMILES string of the molecule is CCOc1ccc(S(=O)(=O)N(CC(=O)Nc2ccc(F)c(F)c2F)C2CCCCC2)cc1. The average molecular weight is 471 g/mol. The van der Waals surface area contributed by atoms with E-state index in [1.807, 2.05) is 6.92 Å². The third kappa shape index (κ3) is 5.42. The molecule has 1 aliphatic carbocycles. The van der Waals surface area contributed by atoms with Crippen LogP contribution in [0.25, 0.3) is 0 Å². The fourth-order valence-corrected chi connectivity index (χ4v) is 5.38. The van der Waals surface area contributed by atoms with Crippen molar-refractivity contribution in [3.05, 3.63) is 53.8 Å². The number of rotatable bonds is 8. The molecule has 174 valence electrons. The Morgan fingerprint density at radius 3 is 2.31 bits per heavy atom. The maximum Gasteiger partial charge on any atom is 0.243 e. The number of carbonyl (C=O) groups excluding carboxylic acids is 1. The van der Waals surface area contributed by atoms with Gasteiger partial charge in [-0.05, 0) is 56.2 Å². The molecule has 0 spiro atoms. The smallest absolute Gasteiger partial charge is 0.243 e. The van der Waals surface area contributed by atoms with Crippen LogP contribution in [0.4, 0.5) is 18.9 Å². The molecule has 6 nitrogen and oxygen atoms in total. The molecule has 1 N–H and O–H groups in total. The number of ether oxygens (including phenoxy) is 1. The highest BCUT2D eigenvalue weighted by Crippen LogP contribution is 2.29. The van der Waals surface area contributed by atoms with Crippen LogP contribution in [0.15, 0.2) is 41.3 Å². The Kier molecular flexibility index (Phi) is 7.78. The zero-order valence-electron chi connectivity index (χ0n) is 17.6. The maximum absolute atomic E-state index is 13.9. The van der Waals surface area contributed by atoms with Crippen molar-refractivity contribution < 1.29 is 31.1 Å². The molecule has 1 aliphatic rings. The van der Waals surface area contributed by atoms with Crippen LogP contribution in [0.2, 0.25) is 0 Å². The second kappa shape index (κ2) is 10.4. The molecule has 0 aliphatic heterocycles. The van der Waals surface area contributed by atoms with E-state index in [1.54, 1.807) is 0 Å². The highest BCUT2D eigenvalue weighted by molar-refractivity contribution is 7.89. The van der Waals surface area contributed by atoms with Crippen LogP contribution in [-0.4, -0.2) is 37.8 Å². The van der Waals surface area contributed by atoms with E-state index < -0.39 is 51.7 Å². The number of amides is 1. The average Bonchev–Trinajstić information content (AvgIpc) is 2.79.